The smallest absolute Gasteiger partial charge is 0.191 e. The molecule has 1 rings (SSSR count). The lowest BCUT2D eigenvalue weighted by Crippen LogP contribution is -2.42. The molecule has 19 heavy (non-hydrogen) atoms. The van der Waals surface area contributed by atoms with E-state index in [0.717, 1.165) is 18.9 Å². The number of aliphatic imine (C=N–C) groups is 1. The van der Waals surface area contributed by atoms with E-state index in [1.54, 1.807) is 25.2 Å². The summed E-state index contributed by atoms with van der Waals surface area (Å²) >= 11 is 0. The van der Waals surface area contributed by atoms with Crippen LogP contribution in [0.2, 0.25) is 0 Å². The fraction of sp³-hybridized carbons (Fsp3) is 0.500. The summed E-state index contributed by atoms with van der Waals surface area (Å²) in [5, 5.41) is 6.29. The quantitative estimate of drug-likeness (QED) is 0.613. The fourth-order valence-electron chi connectivity index (χ4n) is 1.50. The topological polar surface area (TPSA) is 45.7 Å². The van der Waals surface area contributed by atoms with Gasteiger partial charge in [-0.05, 0) is 25.5 Å². The molecule has 1 aromatic rings. The zero-order chi connectivity index (χ0) is 14.1. The molecule has 0 amide bonds. The minimum atomic E-state index is -0.345. The van der Waals surface area contributed by atoms with Crippen LogP contribution in [0.15, 0.2) is 29.3 Å². The highest BCUT2D eigenvalue weighted by molar-refractivity contribution is 5.79. The molecule has 0 radical (unpaired) electrons. The minimum Gasteiger partial charge on any atom is -0.486 e. The maximum absolute atomic E-state index is 13.4. The molecule has 0 fully saturated rings. The third-order valence-electron chi connectivity index (χ3n) is 2.49. The Morgan fingerprint density at radius 1 is 1.37 bits per heavy atom. The van der Waals surface area contributed by atoms with Crippen LogP contribution in [0.1, 0.15) is 20.3 Å². The van der Waals surface area contributed by atoms with Crippen molar-refractivity contribution < 1.29 is 9.13 Å². The highest BCUT2D eigenvalue weighted by atomic mass is 19.1. The van der Waals surface area contributed by atoms with Crippen LogP contribution in [0, 0.1) is 5.82 Å². The van der Waals surface area contributed by atoms with Gasteiger partial charge in [0, 0.05) is 13.6 Å². The third kappa shape index (κ3) is 5.59. The number of hydrogen-bond donors (Lipinski definition) is 2. The van der Waals surface area contributed by atoms with Gasteiger partial charge in [-0.3, -0.25) is 4.99 Å². The largest absolute Gasteiger partial charge is 0.486 e. The van der Waals surface area contributed by atoms with Crippen LogP contribution in [0.4, 0.5) is 4.39 Å². The number of nitrogens with zero attached hydrogens (tertiary/aromatic N) is 1. The van der Waals surface area contributed by atoms with E-state index in [1.807, 2.05) is 6.92 Å². The zero-order valence-corrected chi connectivity index (χ0v) is 11.7. The molecule has 0 aromatic heterocycles. The Kier molecular flexibility index (Phi) is 6.71. The average molecular weight is 267 g/mol. The van der Waals surface area contributed by atoms with Crippen molar-refractivity contribution in [1.29, 1.82) is 0 Å². The molecule has 1 atom stereocenters. The van der Waals surface area contributed by atoms with E-state index in [-0.39, 0.29) is 17.7 Å². The van der Waals surface area contributed by atoms with Crippen LogP contribution in [-0.4, -0.2) is 32.2 Å². The lowest BCUT2D eigenvalue weighted by Gasteiger charge is -2.17. The molecule has 4 nitrogen and oxygen atoms in total. The molecule has 1 unspecified atom stereocenters. The predicted octanol–water partition coefficient (Wildman–Crippen LogP) is 2.17. The molecule has 0 saturated heterocycles. The number of guanidine groups is 1. The lowest BCUT2D eigenvalue weighted by atomic mass is 10.3. The van der Waals surface area contributed by atoms with E-state index >= 15 is 0 Å². The van der Waals surface area contributed by atoms with Gasteiger partial charge in [-0.2, -0.15) is 0 Å². The monoisotopic (exact) mass is 267 g/mol. The fourth-order valence-corrected chi connectivity index (χ4v) is 1.50. The summed E-state index contributed by atoms with van der Waals surface area (Å²) in [7, 11) is 1.72. The molecule has 1 aromatic carbocycles. The summed E-state index contributed by atoms with van der Waals surface area (Å²) in [6.45, 7) is 5.39. The molecule has 0 spiro atoms. The van der Waals surface area contributed by atoms with Crippen molar-refractivity contribution in [2.24, 2.45) is 4.99 Å². The van der Waals surface area contributed by atoms with Gasteiger partial charge in [0.15, 0.2) is 17.5 Å². The summed E-state index contributed by atoms with van der Waals surface area (Å²) in [5.41, 5.74) is 0. The van der Waals surface area contributed by atoms with Crippen LogP contribution >= 0.6 is 0 Å². The maximum atomic E-state index is 13.4. The summed E-state index contributed by atoms with van der Waals surface area (Å²) in [6.07, 6.45) is 0.874. The van der Waals surface area contributed by atoms with Gasteiger partial charge in [0.2, 0.25) is 0 Å². The van der Waals surface area contributed by atoms with Crippen molar-refractivity contribution in [2.45, 2.75) is 26.4 Å². The van der Waals surface area contributed by atoms with E-state index in [2.05, 4.69) is 22.5 Å². The van der Waals surface area contributed by atoms with E-state index in [4.69, 9.17) is 4.74 Å². The summed E-state index contributed by atoms with van der Waals surface area (Å²) in [4.78, 5) is 4.09. The van der Waals surface area contributed by atoms with Crippen molar-refractivity contribution in [2.75, 3.05) is 20.1 Å². The Morgan fingerprint density at radius 3 is 2.74 bits per heavy atom. The Labute approximate surface area is 114 Å². The van der Waals surface area contributed by atoms with Crippen LogP contribution in [0.25, 0.3) is 0 Å². The number of para-hydroxylation sites is 1. The third-order valence-corrected chi connectivity index (χ3v) is 2.49. The van der Waals surface area contributed by atoms with E-state index in [0.29, 0.717) is 6.54 Å². The number of benzene rings is 1. The Bertz CT molecular complexity index is 409. The van der Waals surface area contributed by atoms with Gasteiger partial charge < -0.3 is 15.4 Å². The molecule has 2 N–H and O–H groups in total. The SMILES string of the molecule is CCCNC(=NC)NCC(C)Oc1ccccc1F. The minimum absolute atomic E-state index is 0.155. The highest BCUT2D eigenvalue weighted by Gasteiger charge is 2.08. The van der Waals surface area contributed by atoms with E-state index in [1.165, 1.54) is 6.07 Å². The van der Waals surface area contributed by atoms with Crippen LogP contribution in [0.5, 0.6) is 5.75 Å². The summed E-state index contributed by atoms with van der Waals surface area (Å²) in [6, 6.07) is 6.40. The number of ether oxygens (including phenoxy) is 1. The van der Waals surface area contributed by atoms with Gasteiger partial charge in [-0.15, -0.1) is 0 Å². The van der Waals surface area contributed by atoms with E-state index < -0.39 is 0 Å². The van der Waals surface area contributed by atoms with Crippen LogP contribution in [-0.2, 0) is 0 Å². The molecule has 0 heterocycles. The second-order valence-electron chi connectivity index (χ2n) is 4.24. The van der Waals surface area contributed by atoms with Crippen molar-refractivity contribution >= 4 is 5.96 Å². The van der Waals surface area contributed by atoms with Gasteiger partial charge in [-0.25, -0.2) is 4.39 Å². The van der Waals surface area contributed by atoms with Gasteiger partial charge >= 0.3 is 0 Å². The van der Waals surface area contributed by atoms with Gasteiger partial charge in [0.05, 0.1) is 6.54 Å². The molecule has 0 bridgehead atoms. The Hall–Kier alpha value is -1.78. The Balaban J connectivity index is 2.39. The number of halogens is 1. The first-order chi connectivity index (χ1) is 9.17. The first-order valence-corrected chi connectivity index (χ1v) is 6.53. The standard InChI is InChI=1S/C14H22FN3O/c1-4-9-17-14(16-3)18-10-11(2)19-13-8-6-5-7-12(13)15/h5-8,11H,4,9-10H2,1-3H3,(H2,16,17,18). The van der Waals surface area contributed by atoms with Gasteiger partial charge in [-0.1, -0.05) is 19.1 Å². The normalized spacial score (nSPS) is 12.9. The highest BCUT2D eigenvalue weighted by Crippen LogP contribution is 2.16. The van der Waals surface area contributed by atoms with Crippen molar-refractivity contribution in [3.8, 4) is 5.75 Å². The molecule has 0 aliphatic carbocycles. The molecular formula is C14H22FN3O. The van der Waals surface area contributed by atoms with Gasteiger partial charge in [0.1, 0.15) is 6.10 Å². The summed E-state index contributed by atoms with van der Waals surface area (Å²) in [5.74, 6) is 0.655. The second kappa shape index (κ2) is 8.34. The molecule has 0 saturated carbocycles. The molecule has 0 aliphatic heterocycles. The molecule has 106 valence electrons. The predicted molar refractivity (Wildman–Crippen MR) is 76.1 cm³/mol. The molecular weight excluding hydrogens is 245 g/mol. The molecule has 0 aliphatic rings. The first kappa shape index (κ1) is 15.3. The number of nitrogens with one attached hydrogen (secondary N) is 2. The van der Waals surface area contributed by atoms with Crippen LogP contribution < -0.4 is 15.4 Å². The second-order valence-corrected chi connectivity index (χ2v) is 4.24. The van der Waals surface area contributed by atoms with Crippen molar-refractivity contribution in [3.05, 3.63) is 30.1 Å². The van der Waals surface area contributed by atoms with E-state index in [9.17, 15) is 4.39 Å². The average Bonchev–Trinajstić information content (AvgIpc) is 2.41. The van der Waals surface area contributed by atoms with Crippen molar-refractivity contribution in [3.63, 3.8) is 0 Å². The first-order valence-electron chi connectivity index (χ1n) is 6.53. The Morgan fingerprint density at radius 2 is 2.11 bits per heavy atom. The van der Waals surface area contributed by atoms with Crippen molar-refractivity contribution in [1.82, 2.24) is 10.6 Å². The zero-order valence-electron chi connectivity index (χ0n) is 11.7. The summed E-state index contributed by atoms with van der Waals surface area (Å²) < 4.78 is 18.9. The number of rotatable bonds is 6. The number of hydrogen-bond acceptors (Lipinski definition) is 2. The lowest BCUT2D eigenvalue weighted by molar-refractivity contribution is 0.214. The van der Waals surface area contributed by atoms with Crippen LogP contribution in [0.3, 0.4) is 0 Å². The molecule has 5 heteroatoms. The van der Waals surface area contributed by atoms with Gasteiger partial charge in [0.25, 0.3) is 0 Å². The maximum Gasteiger partial charge on any atom is 0.191 e.